The Labute approximate surface area is 398 Å². The molecule has 0 rings (SSSR count). The Morgan fingerprint density at radius 3 is 1.16 bits per heavy atom. The van der Waals surface area contributed by atoms with Gasteiger partial charge in [-0.2, -0.15) is 0 Å². The molecule has 0 aromatic heterocycles. The van der Waals surface area contributed by atoms with Gasteiger partial charge >= 0.3 is 11.9 Å². The number of allylic oxidation sites excluding steroid dienone is 10. The van der Waals surface area contributed by atoms with E-state index in [0.717, 1.165) is 77.0 Å². The van der Waals surface area contributed by atoms with Gasteiger partial charge in [0, 0.05) is 19.4 Å². The highest BCUT2D eigenvalue weighted by Gasteiger charge is 2.17. The second-order valence-corrected chi connectivity index (χ2v) is 18.4. The largest absolute Gasteiger partial charge is 0.462 e. The maximum Gasteiger partial charge on any atom is 0.306 e. The summed E-state index contributed by atoms with van der Waals surface area (Å²) in [6, 6.07) is 0. The summed E-state index contributed by atoms with van der Waals surface area (Å²) in [5, 5.41) is 0. The van der Waals surface area contributed by atoms with Crippen molar-refractivity contribution in [2.45, 2.75) is 284 Å². The predicted molar refractivity (Wildman–Crippen MR) is 279 cm³/mol. The lowest BCUT2D eigenvalue weighted by atomic mass is 10.1. The first-order valence-electron chi connectivity index (χ1n) is 27.8. The number of esters is 2. The standard InChI is InChI=1S/C59H106O5/c1-4-7-10-13-16-19-22-25-27-29-31-33-36-39-42-45-48-51-54-62-55-57(64-59(61)53-50-47-44-41-38-34-24-21-18-15-12-9-6-3)56-63-58(60)52-49-46-43-40-37-35-32-30-28-26-23-20-17-14-11-8-5-2/h9,12,18,21,25-28,34,38,57H,4-8,10-11,13-17,19-20,22-24,29-33,35-37,39-56H2,1-3H3/b12-9-,21-18-,27-25-,28-26-,38-34-. The number of carbonyl (C=O) groups excluding carboxylic acids is 2. The fourth-order valence-electron chi connectivity index (χ4n) is 7.87. The molecule has 372 valence electrons. The topological polar surface area (TPSA) is 61.8 Å². The molecule has 0 fully saturated rings. The molecule has 0 amide bonds. The van der Waals surface area contributed by atoms with Crippen LogP contribution in [0.3, 0.4) is 0 Å². The molecule has 0 saturated carbocycles. The highest BCUT2D eigenvalue weighted by molar-refractivity contribution is 5.70. The summed E-state index contributed by atoms with van der Waals surface area (Å²) in [6.45, 7) is 7.69. The van der Waals surface area contributed by atoms with E-state index in [2.05, 4.69) is 81.5 Å². The zero-order valence-corrected chi connectivity index (χ0v) is 42.8. The van der Waals surface area contributed by atoms with Crippen LogP contribution >= 0.6 is 0 Å². The normalized spacial score (nSPS) is 12.6. The molecule has 0 spiro atoms. The lowest BCUT2D eigenvalue weighted by Crippen LogP contribution is -2.30. The minimum atomic E-state index is -0.555. The van der Waals surface area contributed by atoms with Gasteiger partial charge < -0.3 is 14.2 Å². The SMILES string of the molecule is CC/C=C\C/C=C\C/C=C\CCCCCC(=O)OC(COCCCCCCCCCC/C=C\CCCCCCCC)COC(=O)CCCCCCCCC/C=C\CCCCCCCC. The molecule has 5 nitrogen and oxygen atoms in total. The maximum absolute atomic E-state index is 12.8. The summed E-state index contributed by atoms with van der Waals surface area (Å²) in [6.07, 6.45) is 69.5. The highest BCUT2D eigenvalue weighted by atomic mass is 16.6. The van der Waals surface area contributed by atoms with Crippen molar-refractivity contribution in [1.82, 2.24) is 0 Å². The van der Waals surface area contributed by atoms with Crippen molar-refractivity contribution >= 4 is 11.9 Å². The number of carbonyl (C=O) groups is 2. The molecule has 5 heteroatoms. The number of unbranched alkanes of at least 4 members (excludes halogenated alkanes) is 30. The lowest BCUT2D eigenvalue weighted by molar-refractivity contribution is -0.163. The average molecular weight is 895 g/mol. The van der Waals surface area contributed by atoms with Gasteiger partial charge in [-0.15, -0.1) is 0 Å². The van der Waals surface area contributed by atoms with Crippen LogP contribution in [-0.2, 0) is 23.8 Å². The van der Waals surface area contributed by atoms with Gasteiger partial charge in [-0.25, -0.2) is 0 Å². The predicted octanol–water partition coefficient (Wildman–Crippen LogP) is 18.9. The number of rotatable bonds is 51. The Kier molecular flexibility index (Phi) is 52.9. The van der Waals surface area contributed by atoms with Crippen LogP contribution < -0.4 is 0 Å². The maximum atomic E-state index is 12.8. The molecule has 1 atom stereocenters. The summed E-state index contributed by atoms with van der Waals surface area (Å²) in [5.41, 5.74) is 0. The summed E-state index contributed by atoms with van der Waals surface area (Å²) >= 11 is 0. The summed E-state index contributed by atoms with van der Waals surface area (Å²) in [4.78, 5) is 25.4. The van der Waals surface area contributed by atoms with E-state index in [4.69, 9.17) is 14.2 Å². The summed E-state index contributed by atoms with van der Waals surface area (Å²) in [5.74, 6) is -0.429. The molecule has 1 unspecified atom stereocenters. The Morgan fingerprint density at radius 1 is 0.359 bits per heavy atom. The van der Waals surface area contributed by atoms with Crippen LogP contribution in [0.25, 0.3) is 0 Å². The molecule has 0 heterocycles. The fraction of sp³-hybridized carbons (Fsp3) is 0.797. The third-order valence-corrected chi connectivity index (χ3v) is 12.0. The third kappa shape index (κ3) is 52.2. The van der Waals surface area contributed by atoms with Crippen LogP contribution in [0, 0.1) is 0 Å². The Bertz CT molecular complexity index is 1100. The van der Waals surface area contributed by atoms with Crippen molar-refractivity contribution < 1.29 is 23.8 Å². The molecule has 0 aromatic carbocycles. The zero-order chi connectivity index (χ0) is 46.3. The molecule has 0 bridgehead atoms. The van der Waals surface area contributed by atoms with Crippen LogP contribution in [0.1, 0.15) is 278 Å². The van der Waals surface area contributed by atoms with Crippen molar-refractivity contribution in [2.75, 3.05) is 19.8 Å². The van der Waals surface area contributed by atoms with Gasteiger partial charge in [-0.1, -0.05) is 223 Å². The molecule has 0 aliphatic rings. The zero-order valence-electron chi connectivity index (χ0n) is 42.8. The van der Waals surface area contributed by atoms with Crippen LogP contribution in [-0.4, -0.2) is 37.9 Å². The van der Waals surface area contributed by atoms with Crippen molar-refractivity contribution in [3.05, 3.63) is 60.8 Å². The second-order valence-electron chi connectivity index (χ2n) is 18.4. The minimum absolute atomic E-state index is 0.0705. The first kappa shape index (κ1) is 61.6. The molecule has 0 N–H and O–H groups in total. The molecule has 0 aliphatic heterocycles. The first-order chi connectivity index (χ1) is 31.6. The summed E-state index contributed by atoms with van der Waals surface area (Å²) in [7, 11) is 0. The van der Waals surface area contributed by atoms with Gasteiger partial charge in [0.15, 0.2) is 6.10 Å². The van der Waals surface area contributed by atoms with Gasteiger partial charge in [0.1, 0.15) is 6.61 Å². The Balaban J connectivity index is 4.27. The van der Waals surface area contributed by atoms with Crippen LogP contribution in [0.2, 0.25) is 0 Å². The number of hydrogen-bond donors (Lipinski definition) is 0. The van der Waals surface area contributed by atoms with E-state index in [0.29, 0.717) is 19.4 Å². The molecular weight excluding hydrogens is 789 g/mol. The molecule has 0 aromatic rings. The summed E-state index contributed by atoms with van der Waals surface area (Å²) < 4.78 is 17.4. The van der Waals surface area contributed by atoms with Gasteiger partial charge in [0.2, 0.25) is 0 Å². The van der Waals surface area contributed by atoms with Gasteiger partial charge in [0.25, 0.3) is 0 Å². The van der Waals surface area contributed by atoms with Crippen molar-refractivity contribution in [1.29, 1.82) is 0 Å². The molecule has 0 saturated heterocycles. The molecule has 64 heavy (non-hydrogen) atoms. The van der Waals surface area contributed by atoms with Crippen LogP contribution in [0.15, 0.2) is 60.8 Å². The van der Waals surface area contributed by atoms with E-state index in [1.165, 1.54) is 167 Å². The second kappa shape index (κ2) is 54.9. The monoisotopic (exact) mass is 895 g/mol. The third-order valence-electron chi connectivity index (χ3n) is 12.0. The highest BCUT2D eigenvalue weighted by Crippen LogP contribution is 2.15. The van der Waals surface area contributed by atoms with E-state index in [-0.39, 0.29) is 25.2 Å². The smallest absolute Gasteiger partial charge is 0.306 e. The van der Waals surface area contributed by atoms with Gasteiger partial charge in [-0.05, 0) is 103 Å². The molecular formula is C59H106O5. The van der Waals surface area contributed by atoms with E-state index >= 15 is 0 Å². The van der Waals surface area contributed by atoms with Crippen molar-refractivity contribution in [3.8, 4) is 0 Å². The molecule has 0 aliphatic carbocycles. The first-order valence-corrected chi connectivity index (χ1v) is 27.8. The van der Waals surface area contributed by atoms with E-state index in [1.54, 1.807) is 0 Å². The van der Waals surface area contributed by atoms with Crippen LogP contribution in [0.4, 0.5) is 0 Å². The van der Waals surface area contributed by atoms with Gasteiger partial charge in [0.05, 0.1) is 6.61 Å². The molecule has 0 radical (unpaired) electrons. The van der Waals surface area contributed by atoms with E-state index in [1.807, 2.05) is 0 Å². The number of ether oxygens (including phenoxy) is 3. The minimum Gasteiger partial charge on any atom is -0.462 e. The Morgan fingerprint density at radius 2 is 0.703 bits per heavy atom. The van der Waals surface area contributed by atoms with E-state index in [9.17, 15) is 9.59 Å². The number of hydrogen-bond acceptors (Lipinski definition) is 5. The Hall–Kier alpha value is -2.40. The van der Waals surface area contributed by atoms with E-state index < -0.39 is 6.10 Å². The van der Waals surface area contributed by atoms with Crippen LogP contribution in [0.5, 0.6) is 0 Å². The van der Waals surface area contributed by atoms with Gasteiger partial charge in [-0.3, -0.25) is 9.59 Å². The van der Waals surface area contributed by atoms with Crippen molar-refractivity contribution in [2.24, 2.45) is 0 Å². The lowest BCUT2D eigenvalue weighted by Gasteiger charge is -2.18. The quantitative estimate of drug-likeness (QED) is 0.0346. The average Bonchev–Trinajstić information content (AvgIpc) is 3.30. The fourth-order valence-corrected chi connectivity index (χ4v) is 7.87. The van der Waals surface area contributed by atoms with Crippen molar-refractivity contribution in [3.63, 3.8) is 0 Å².